The van der Waals surface area contributed by atoms with Crippen LogP contribution in [-0.4, -0.2) is 72.2 Å². The van der Waals surface area contributed by atoms with Gasteiger partial charge in [-0.05, 0) is 86.7 Å². The summed E-state index contributed by atoms with van der Waals surface area (Å²) in [6, 6.07) is 20.6. The number of anilines is 2. The summed E-state index contributed by atoms with van der Waals surface area (Å²) in [7, 11) is 3.25. The molecule has 12 heteroatoms. The molecule has 2 aliphatic rings. The fourth-order valence-electron chi connectivity index (χ4n) is 6.89. The zero-order valence-electron chi connectivity index (χ0n) is 28.8. The number of ether oxygens (including phenoxy) is 2. The number of imide groups is 1. The van der Waals surface area contributed by atoms with Crippen molar-refractivity contribution in [2.45, 2.75) is 64.1 Å². The third-order valence-corrected chi connectivity index (χ3v) is 9.61. The molecule has 3 atom stereocenters. The van der Waals surface area contributed by atoms with E-state index in [1.807, 2.05) is 54.6 Å². The van der Waals surface area contributed by atoms with Gasteiger partial charge in [-0.25, -0.2) is 4.39 Å². The number of H-pyrrole nitrogens is 1. The van der Waals surface area contributed by atoms with Gasteiger partial charge >= 0.3 is 0 Å². The number of amides is 3. The van der Waals surface area contributed by atoms with E-state index >= 15 is 4.39 Å². The predicted molar refractivity (Wildman–Crippen MR) is 188 cm³/mol. The average molecular weight is 683 g/mol. The van der Waals surface area contributed by atoms with Gasteiger partial charge in [-0.3, -0.25) is 29.7 Å². The third-order valence-electron chi connectivity index (χ3n) is 9.61. The van der Waals surface area contributed by atoms with E-state index in [2.05, 4.69) is 44.5 Å². The maximum atomic E-state index is 15.2. The minimum atomic E-state index is -0.648. The summed E-state index contributed by atoms with van der Waals surface area (Å²) in [6.45, 7) is 6.43. The second-order valence-corrected chi connectivity index (χ2v) is 13.1. The quantitative estimate of drug-likeness (QED) is 0.184. The van der Waals surface area contributed by atoms with E-state index in [-0.39, 0.29) is 30.3 Å². The second kappa shape index (κ2) is 15.1. The fourth-order valence-corrected chi connectivity index (χ4v) is 6.89. The van der Waals surface area contributed by atoms with E-state index in [1.165, 1.54) is 6.07 Å². The van der Waals surface area contributed by atoms with Gasteiger partial charge in [0.05, 0.1) is 20.1 Å². The number of piperidine rings is 1. The second-order valence-electron chi connectivity index (χ2n) is 13.1. The Hall–Kier alpha value is -5.23. The number of nitrogens with one attached hydrogen (secondary N) is 3. The van der Waals surface area contributed by atoms with Crippen molar-refractivity contribution in [1.29, 1.82) is 0 Å². The normalized spacial score (nSPS) is 19.6. The number of benzene rings is 3. The number of aromatic amines is 1. The van der Waals surface area contributed by atoms with Gasteiger partial charge in [-0.15, -0.1) is 0 Å². The minimum Gasteiger partial charge on any atom is -0.497 e. The van der Waals surface area contributed by atoms with Gasteiger partial charge in [0.15, 0.2) is 5.82 Å². The van der Waals surface area contributed by atoms with E-state index in [1.54, 1.807) is 20.3 Å². The van der Waals surface area contributed by atoms with Crippen LogP contribution >= 0.6 is 0 Å². The summed E-state index contributed by atoms with van der Waals surface area (Å²) in [5, 5.41) is 12.5. The Balaban J connectivity index is 1.01. The Bertz CT molecular complexity index is 1830. The van der Waals surface area contributed by atoms with Crippen LogP contribution < -0.4 is 25.0 Å². The van der Waals surface area contributed by atoms with Crippen molar-refractivity contribution in [2.75, 3.05) is 37.5 Å². The smallest absolute Gasteiger partial charge is 0.256 e. The zero-order chi connectivity index (χ0) is 35.4. The van der Waals surface area contributed by atoms with Crippen molar-refractivity contribution >= 4 is 29.2 Å². The van der Waals surface area contributed by atoms with Crippen molar-refractivity contribution in [3.05, 3.63) is 100 Å². The lowest BCUT2D eigenvalue weighted by Crippen LogP contribution is -2.56. The van der Waals surface area contributed by atoms with Crippen molar-refractivity contribution in [2.24, 2.45) is 0 Å². The van der Waals surface area contributed by atoms with Gasteiger partial charge in [-0.2, -0.15) is 5.10 Å². The number of carbonyl (C=O) groups excluding carboxylic acids is 3. The first kappa shape index (κ1) is 34.6. The highest BCUT2D eigenvalue weighted by molar-refractivity contribution is 6.04. The summed E-state index contributed by atoms with van der Waals surface area (Å²) in [4.78, 5) is 41.5. The standard InChI is InChI=1S/C38H43FN6O5/c1-23-20-44(21-24(2)45(23)22-26-6-12-32(34(39)17-26)33-13-14-36(46)41-38(33)48)29-10-7-27(8-11-29)37(47)40-35-18-28(42-43-35)9-5-25-15-30(49-3)19-31(16-25)50-4/h6-8,10-12,15-19,23-24,33H,5,9,13-14,20-22H2,1-4H3,(H,41,46,48)(H2,40,42,43,47)/t23-,24+,33?. The number of nitrogens with zero attached hydrogens (tertiary/aromatic N) is 3. The number of aryl methyl sites for hydroxylation is 2. The molecule has 0 bridgehead atoms. The monoisotopic (exact) mass is 682 g/mol. The Morgan fingerprint density at radius 3 is 2.26 bits per heavy atom. The molecular weight excluding hydrogens is 639 g/mol. The summed E-state index contributed by atoms with van der Waals surface area (Å²) in [6.07, 6.45) is 1.97. The van der Waals surface area contributed by atoms with Gasteiger partial charge in [-0.1, -0.05) is 12.1 Å². The van der Waals surface area contributed by atoms with Gasteiger partial charge in [0.25, 0.3) is 5.91 Å². The molecule has 2 saturated heterocycles. The molecule has 6 rings (SSSR count). The van der Waals surface area contributed by atoms with Crippen molar-refractivity contribution in [3.63, 3.8) is 0 Å². The molecule has 3 aromatic carbocycles. The number of piperazine rings is 1. The highest BCUT2D eigenvalue weighted by Gasteiger charge is 2.32. The highest BCUT2D eigenvalue weighted by atomic mass is 19.1. The molecule has 50 heavy (non-hydrogen) atoms. The lowest BCUT2D eigenvalue weighted by atomic mass is 9.89. The zero-order valence-corrected chi connectivity index (χ0v) is 28.8. The number of rotatable bonds is 11. The van der Waals surface area contributed by atoms with Crippen LogP contribution in [0.2, 0.25) is 0 Å². The lowest BCUT2D eigenvalue weighted by molar-refractivity contribution is -0.134. The predicted octanol–water partition coefficient (Wildman–Crippen LogP) is 5.22. The molecule has 0 aliphatic carbocycles. The number of hydrogen-bond donors (Lipinski definition) is 3. The van der Waals surface area contributed by atoms with Crippen LogP contribution in [0.25, 0.3) is 0 Å². The molecule has 1 unspecified atom stereocenters. The van der Waals surface area contributed by atoms with Gasteiger partial charge < -0.3 is 19.7 Å². The van der Waals surface area contributed by atoms with Gasteiger partial charge in [0.2, 0.25) is 11.8 Å². The van der Waals surface area contributed by atoms with E-state index < -0.39 is 17.6 Å². The topological polar surface area (TPSA) is 129 Å². The van der Waals surface area contributed by atoms with Crippen molar-refractivity contribution < 1.29 is 28.2 Å². The Morgan fingerprint density at radius 1 is 0.920 bits per heavy atom. The van der Waals surface area contributed by atoms with E-state index in [4.69, 9.17) is 9.47 Å². The number of hydrogen-bond acceptors (Lipinski definition) is 8. The Kier molecular flexibility index (Phi) is 10.5. The molecule has 4 aromatic rings. The SMILES string of the molecule is COc1cc(CCc2cc(NC(=O)c3ccc(N4C[C@@H](C)N(Cc5ccc(C6CCC(=O)NC6=O)c(F)c5)[C@@H](C)C4)cc3)n[nH]2)cc(OC)c1. The molecule has 262 valence electrons. The van der Waals surface area contributed by atoms with Crippen LogP contribution in [0.3, 0.4) is 0 Å². The summed E-state index contributed by atoms with van der Waals surface area (Å²) in [5.41, 5.74) is 4.69. The number of aromatic nitrogens is 2. The lowest BCUT2D eigenvalue weighted by Gasteiger charge is -2.45. The Morgan fingerprint density at radius 2 is 1.62 bits per heavy atom. The van der Waals surface area contributed by atoms with E-state index in [0.717, 1.165) is 53.5 Å². The maximum absolute atomic E-state index is 15.2. The van der Waals surface area contributed by atoms with Crippen LogP contribution in [-0.2, 0) is 29.0 Å². The number of carbonyl (C=O) groups is 3. The van der Waals surface area contributed by atoms with Crippen LogP contribution in [0.5, 0.6) is 11.5 Å². The highest BCUT2D eigenvalue weighted by Crippen LogP contribution is 2.30. The first-order chi connectivity index (χ1) is 24.1. The molecule has 0 spiro atoms. The number of halogens is 1. The first-order valence-corrected chi connectivity index (χ1v) is 16.9. The first-order valence-electron chi connectivity index (χ1n) is 16.9. The average Bonchev–Trinajstić information content (AvgIpc) is 3.56. The van der Waals surface area contributed by atoms with Crippen molar-refractivity contribution in [3.8, 4) is 11.5 Å². The summed E-state index contributed by atoms with van der Waals surface area (Å²) < 4.78 is 25.9. The van der Waals surface area contributed by atoms with Gasteiger partial charge in [0, 0.05) is 72.8 Å². The largest absolute Gasteiger partial charge is 0.497 e. The Labute approximate surface area is 291 Å². The molecule has 0 saturated carbocycles. The summed E-state index contributed by atoms with van der Waals surface area (Å²) >= 11 is 0. The van der Waals surface area contributed by atoms with E-state index in [9.17, 15) is 14.4 Å². The minimum absolute atomic E-state index is 0.180. The van der Waals surface area contributed by atoms with Crippen LogP contribution in [0, 0.1) is 5.82 Å². The van der Waals surface area contributed by atoms with Crippen LogP contribution in [0.1, 0.15) is 65.3 Å². The van der Waals surface area contributed by atoms with E-state index in [0.29, 0.717) is 36.3 Å². The van der Waals surface area contributed by atoms with Crippen molar-refractivity contribution in [1.82, 2.24) is 20.4 Å². The molecule has 11 nitrogen and oxygen atoms in total. The molecule has 2 aliphatic heterocycles. The molecular formula is C38H43FN6O5. The number of methoxy groups -OCH3 is 2. The molecule has 0 radical (unpaired) electrons. The molecule has 3 amide bonds. The molecule has 1 aromatic heterocycles. The van der Waals surface area contributed by atoms with Crippen LogP contribution in [0.4, 0.5) is 15.9 Å². The maximum Gasteiger partial charge on any atom is 0.256 e. The molecule has 2 fully saturated rings. The van der Waals surface area contributed by atoms with Gasteiger partial charge in [0.1, 0.15) is 17.3 Å². The van der Waals surface area contributed by atoms with Crippen LogP contribution in [0.15, 0.2) is 66.7 Å². The third kappa shape index (κ3) is 7.97. The fraction of sp³-hybridized carbons (Fsp3) is 0.368. The summed E-state index contributed by atoms with van der Waals surface area (Å²) in [5.74, 6) is -0.128. The molecule has 3 heterocycles. The molecule has 3 N–H and O–H groups in total.